The summed E-state index contributed by atoms with van der Waals surface area (Å²) in [6.07, 6.45) is -1.02. The van der Waals surface area contributed by atoms with Gasteiger partial charge in [-0.15, -0.1) is 0 Å². The minimum atomic E-state index is -1.02. The number of nitro groups is 1. The fraction of sp³-hybridized carbons (Fsp3) is 0.133. The Morgan fingerprint density at radius 3 is 2.55 bits per heavy atom. The molecule has 0 radical (unpaired) electrons. The van der Waals surface area contributed by atoms with Crippen molar-refractivity contribution < 1.29 is 18.8 Å². The van der Waals surface area contributed by atoms with Crippen molar-refractivity contribution in [1.82, 2.24) is 0 Å². The lowest BCUT2D eigenvalue weighted by molar-refractivity contribution is -0.383. The molecule has 0 heterocycles. The zero-order valence-electron chi connectivity index (χ0n) is 11.7. The maximum atomic E-state index is 13.5. The SMILES string of the molecule is C[C@H](Oc1ccccc1F)C(=O)Nc1ccccc1[N+](=O)[O-]. The van der Waals surface area contributed by atoms with E-state index in [2.05, 4.69) is 5.32 Å². The fourth-order valence-corrected chi connectivity index (χ4v) is 1.76. The molecule has 0 aliphatic heterocycles. The van der Waals surface area contributed by atoms with E-state index in [0.717, 1.165) is 0 Å². The molecule has 2 aromatic rings. The standard InChI is InChI=1S/C15H13FN2O4/c1-10(22-14-9-5-2-6-11(14)16)15(19)17-12-7-3-4-8-13(12)18(20)21/h2-10H,1H3,(H,17,19)/t10-/m0/s1. The van der Waals surface area contributed by atoms with Crippen LogP contribution < -0.4 is 10.1 Å². The Morgan fingerprint density at radius 2 is 1.86 bits per heavy atom. The predicted molar refractivity (Wildman–Crippen MR) is 78.2 cm³/mol. The summed E-state index contributed by atoms with van der Waals surface area (Å²) in [5.74, 6) is -1.27. The molecule has 114 valence electrons. The summed E-state index contributed by atoms with van der Waals surface area (Å²) in [5.41, 5.74) is -0.171. The molecule has 6 nitrogen and oxygen atoms in total. The highest BCUT2D eigenvalue weighted by Crippen LogP contribution is 2.24. The Kier molecular flexibility index (Phi) is 4.67. The van der Waals surface area contributed by atoms with Gasteiger partial charge in [-0.25, -0.2) is 4.39 Å². The third-order valence-electron chi connectivity index (χ3n) is 2.87. The van der Waals surface area contributed by atoms with Gasteiger partial charge in [0.15, 0.2) is 17.7 Å². The first-order chi connectivity index (χ1) is 10.5. The van der Waals surface area contributed by atoms with Crippen LogP contribution in [-0.2, 0) is 4.79 Å². The molecule has 0 aliphatic rings. The number of carbonyl (C=O) groups is 1. The van der Waals surface area contributed by atoms with Gasteiger partial charge in [0.05, 0.1) is 4.92 Å². The second-order valence-corrected chi connectivity index (χ2v) is 4.45. The molecule has 0 spiro atoms. The van der Waals surface area contributed by atoms with Crippen molar-refractivity contribution in [2.45, 2.75) is 13.0 Å². The Hall–Kier alpha value is -2.96. The van der Waals surface area contributed by atoms with Crippen LogP contribution in [0.5, 0.6) is 5.75 Å². The second kappa shape index (κ2) is 6.66. The summed E-state index contributed by atoms with van der Waals surface area (Å²) < 4.78 is 18.7. The van der Waals surface area contributed by atoms with Gasteiger partial charge >= 0.3 is 0 Å². The van der Waals surface area contributed by atoms with Gasteiger partial charge in [0.2, 0.25) is 0 Å². The molecule has 1 N–H and O–H groups in total. The molecule has 1 atom stereocenters. The third kappa shape index (κ3) is 3.57. The highest BCUT2D eigenvalue weighted by atomic mass is 19.1. The summed E-state index contributed by atoms with van der Waals surface area (Å²) in [6.45, 7) is 1.43. The number of hydrogen-bond acceptors (Lipinski definition) is 4. The number of nitrogens with one attached hydrogen (secondary N) is 1. The van der Waals surface area contributed by atoms with Crippen LogP contribution in [0.3, 0.4) is 0 Å². The van der Waals surface area contributed by atoms with Gasteiger partial charge in [-0.1, -0.05) is 24.3 Å². The normalized spacial score (nSPS) is 11.5. The van der Waals surface area contributed by atoms with E-state index in [9.17, 15) is 19.3 Å². The lowest BCUT2D eigenvalue weighted by Gasteiger charge is -2.15. The fourth-order valence-electron chi connectivity index (χ4n) is 1.76. The van der Waals surface area contributed by atoms with E-state index >= 15 is 0 Å². The van der Waals surface area contributed by atoms with Crippen LogP contribution in [0, 0.1) is 15.9 Å². The molecule has 22 heavy (non-hydrogen) atoms. The zero-order chi connectivity index (χ0) is 16.1. The number of halogens is 1. The highest BCUT2D eigenvalue weighted by molar-refractivity contribution is 5.96. The number of hydrogen-bond donors (Lipinski definition) is 1. The Morgan fingerprint density at radius 1 is 1.23 bits per heavy atom. The zero-order valence-corrected chi connectivity index (χ0v) is 11.7. The molecule has 2 aromatic carbocycles. The minimum absolute atomic E-state index is 0.0569. The van der Waals surface area contributed by atoms with E-state index in [4.69, 9.17) is 4.74 Å². The lowest BCUT2D eigenvalue weighted by Crippen LogP contribution is -2.30. The maximum Gasteiger partial charge on any atom is 0.292 e. The van der Waals surface area contributed by atoms with Crippen LogP contribution in [0.25, 0.3) is 0 Å². The molecule has 1 amide bonds. The van der Waals surface area contributed by atoms with Crippen molar-refractivity contribution in [3.05, 3.63) is 64.5 Å². The van der Waals surface area contributed by atoms with Gasteiger partial charge in [0.1, 0.15) is 5.69 Å². The first-order valence-electron chi connectivity index (χ1n) is 6.44. The van der Waals surface area contributed by atoms with Gasteiger partial charge in [-0.3, -0.25) is 14.9 Å². The van der Waals surface area contributed by atoms with Gasteiger partial charge in [0, 0.05) is 6.07 Å². The van der Waals surface area contributed by atoms with Crippen molar-refractivity contribution in [3.8, 4) is 5.75 Å². The third-order valence-corrected chi connectivity index (χ3v) is 2.87. The first kappa shape index (κ1) is 15.4. The number of anilines is 1. The lowest BCUT2D eigenvalue weighted by atomic mass is 10.2. The van der Waals surface area contributed by atoms with Crippen molar-refractivity contribution in [2.75, 3.05) is 5.32 Å². The number of carbonyl (C=O) groups excluding carboxylic acids is 1. The predicted octanol–water partition coefficient (Wildman–Crippen LogP) is 3.14. The van der Waals surface area contributed by atoms with Gasteiger partial charge in [0.25, 0.3) is 11.6 Å². The molecule has 0 saturated carbocycles. The monoisotopic (exact) mass is 304 g/mol. The second-order valence-electron chi connectivity index (χ2n) is 4.45. The molecule has 0 saturated heterocycles. The van der Waals surface area contributed by atoms with E-state index in [0.29, 0.717) is 0 Å². The molecule has 0 aliphatic carbocycles. The maximum absolute atomic E-state index is 13.5. The van der Waals surface area contributed by atoms with Crippen LogP contribution >= 0.6 is 0 Å². The van der Waals surface area contributed by atoms with Crippen LogP contribution in [0.1, 0.15) is 6.92 Å². The van der Waals surface area contributed by atoms with Crippen molar-refractivity contribution in [3.63, 3.8) is 0 Å². The van der Waals surface area contributed by atoms with Gasteiger partial charge in [-0.2, -0.15) is 0 Å². The molecule has 7 heteroatoms. The number of ether oxygens (including phenoxy) is 1. The summed E-state index contributed by atoms with van der Waals surface area (Å²) in [6, 6.07) is 11.4. The average molecular weight is 304 g/mol. The highest BCUT2D eigenvalue weighted by Gasteiger charge is 2.20. The molecule has 2 rings (SSSR count). The Labute approximate surface area is 125 Å². The summed E-state index contributed by atoms with van der Waals surface area (Å²) in [5, 5.41) is 13.3. The van der Waals surface area contributed by atoms with E-state index < -0.39 is 22.8 Å². The minimum Gasteiger partial charge on any atom is -0.478 e. The van der Waals surface area contributed by atoms with Crippen molar-refractivity contribution >= 4 is 17.3 Å². The van der Waals surface area contributed by atoms with Gasteiger partial charge < -0.3 is 10.1 Å². The molecular formula is C15H13FN2O4. The van der Waals surface area contributed by atoms with E-state index in [1.165, 1.54) is 43.3 Å². The van der Waals surface area contributed by atoms with Crippen LogP contribution in [0.2, 0.25) is 0 Å². The smallest absolute Gasteiger partial charge is 0.292 e. The van der Waals surface area contributed by atoms with Crippen LogP contribution in [0.4, 0.5) is 15.8 Å². The number of amides is 1. The van der Waals surface area contributed by atoms with E-state index in [-0.39, 0.29) is 17.1 Å². The molecule has 0 bridgehead atoms. The number of rotatable bonds is 5. The molecule has 0 aromatic heterocycles. The number of para-hydroxylation sites is 3. The van der Waals surface area contributed by atoms with Crippen molar-refractivity contribution in [2.24, 2.45) is 0 Å². The van der Waals surface area contributed by atoms with Gasteiger partial charge in [-0.05, 0) is 25.1 Å². The average Bonchev–Trinajstić information content (AvgIpc) is 2.49. The molecule has 0 unspecified atom stereocenters. The summed E-state index contributed by atoms with van der Waals surface area (Å²) >= 11 is 0. The van der Waals surface area contributed by atoms with Crippen molar-refractivity contribution in [1.29, 1.82) is 0 Å². The van der Waals surface area contributed by atoms with Crippen LogP contribution in [0.15, 0.2) is 48.5 Å². The van der Waals surface area contributed by atoms with E-state index in [1.807, 2.05) is 0 Å². The molecule has 0 fully saturated rings. The molecular weight excluding hydrogens is 291 g/mol. The largest absolute Gasteiger partial charge is 0.478 e. The topological polar surface area (TPSA) is 81.5 Å². The Bertz CT molecular complexity index is 705. The van der Waals surface area contributed by atoms with E-state index in [1.54, 1.807) is 12.1 Å². The summed E-state index contributed by atoms with van der Waals surface area (Å²) in [7, 11) is 0. The van der Waals surface area contributed by atoms with Crippen LogP contribution in [-0.4, -0.2) is 16.9 Å². The quantitative estimate of drug-likeness (QED) is 0.679. The first-order valence-corrected chi connectivity index (χ1v) is 6.44. The number of nitrogens with zero attached hydrogens (tertiary/aromatic N) is 1. The number of nitro benzene ring substituents is 1. The Balaban J connectivity index is 2.09. The number of benzene rings is 2. The summed E-state index contributed by atoms with van der Waals surface area (Å²) in [4.78, 5) is 22.3.